The quantitative estimate of drug-likeness (QED) is 0.0899. The van der Waals surface area contributed by atoms with Crippen molar-refractivity contribution in [2.75, 3.05) is 24.3 Å². The lowest BCUT2D eigenvalue weighted by molar-refractivity contribution is -0.150. The molecule has 4 aliphatic heterocycles. The maximum Gasteiger partial charge on any atom is 0.352 e. The molecular formula is C50H38BrN3O9S. The zero-order valence-corrected chi connectivity index (χ0v) is 36.6. The number of carbonyl (C=O) groups excluding carboxylic acids is 3. The van der Waals surface area contributed by atoms with Gasteiger partial charge in [0.05, 0.1) is 16.5 Å². The van der Waals surface area contributed by atoms with E-state index >= 15 is 0 Å². The first-order valence-corrected chi connectivity index (χ1v) is 22.3. The summed E-state index contributed by atoms with van der Waals surface area (Å²) in [4.78, 5) is 55.1. The van der Waals surface area contributed by atoms with Gasteiger partial charge in [0.25, 0.3) is 5.91 Å². The van der Waals surface area contributed by atoms with Crippen LogP contribution in [0.1, 0.15) is 38.2 Å². The summed E-state index contributed by atoms with van der Waals surface area (Å²) in [6, 6.07) is 42.6. The molecule has 320 valence electrons. The zero-order chi connectivity index (χ0) is 44.1. The molecule has 2 amide bonds. The van der Waals surface area contributed by atoms with Gasteiger partial charge in [0.1, 0.15) is 53.3 Å². The Morgan fingerprint density at radius 1 is 0.812 bits per heavy atom. The van der Waals surface area contributed by atoms with Gasteiger partial charge in [-0.05, 0) is 75.6 Å². The number of anilines is 2. The van der Waals surface area contributed by atoms with Gasteiger partial charge in [-0.15, -0.1) is 11.8 Å². The van der Waals surface area contributed by atoms with Crippen LogP contribution in [0.25, 0.3) is 0 Å². The van der Waals surface area contributed by atoms with Gasteiger partial charge in [0.2, 0.25) is 5.91 Å². The lowest BCUT2D eigenvalue weighted by Crippen LogP contribution is -2.70. The number of carboxylic acids is 1. The van der Waals surface area contributed by atoms with Crippen molar-refractivity contribution in [2.24, 2.45) is 0 Å². The Hall–Kier alpha value is -7.03. The van der Waals surface area contributed by atoms with Crippen LogP contribution < -0.4 is 24.4 Å². The molecule has 0 aliphatic carbocycles. The molecule has 2 N–H and O–H groups in total. The molecule has 4 heterocycles. The van der Waals surface area contributed by atoms with E-state index in [4.69, 9.17) is 18.9 Å². The van der Waals surface area contributed by atoms with Crippen LogP contribution in [0.15, 0.2) is 155 Å². The van der Waals surface area contributed by atoms with Crippen LogP contribution in [-0.2, 0) is 37.7 Å². The third-order valence-corrected chi connectivity index (χ3v) is 13.7. The first kappa shape index (κ1) is 41.0. The molecule has 1 unspecified atom stereocenters. The summed E-state index contributed by atoms with van der Waals surface area (Å²) < 4.78 is 26.1. The van der Waals surface area contributed by atoms with E-state index in [2.05, 4.69) is 26.1 Å². The average Bonchev–Trinajstić information content (AvgIpc) is 3.61. The number of ether oxygens (including phenoxy) is 4. The highest BCUT2D eigenvalue weighted by Crippen LogP contribution is 2.58. The predicted octanol–water partition coefficient (Wildman–Crippen LogP) is 8.72. The predicted molar refractivity (Wildman–Crippen MR) is 243 cm³/mol. The van der Waals surface area contributed by atoms with Crippen LogP contribution in [-0.4, -0.2) is 64.6 Å². The minimum atomic E-state index is -1.26. The summed E-state index contributed by atoms with van der Waals surface area (Å²) in [6.07, 6.45) is 0.120. The Balaban J connectivity index is 0.835. The molecule has 0 radical (unpaired) electrons. The fraction of sp³-hybridized carbons (Fsp3) is 0.160. The van der Waals surface area contributed by atoms with Gasteiger partial charge in [0.15, 0.2) is 5.60 Å². The fourth-order valence-electron chi connectivity index (χ4n) is 8.59. The van der Waals surface area contributed by atoms with Crippen LogP contribution in [0.3, 0.4) is 0 Å². The second-order valence-corrected chi connectivity index (χ2v) is 17.6. The fourth-order valence-corrected chi connectivity index (χ4v) is 10.4. The number of para-hydroxylation sites is 1. The number of esters is 1. The van der Waals surface area contributed by atoms with E-state index in [1.54, 1.807) is 24.3 Å². The molecule has 14 heteroatoms. The highest BCUT2D eigenvalue weighted by molar-refractivity contribution is 9.10. The van der Waals surface area contributed by atoms with Crippen molar-refractivity contribution in [3.05, 3.63) is 189 Å². The lowest BCUT2D eigenvalue weighted by atomic mass is 9.77. The molecular weight excluding hydrogens is 899 g/mol. The molecule has 1 fully saturated rings. The van der Waals surface area contributed by atoms with Crippen molar-refractivity contribution in [2.45, 2.75) is 30.0 Å². The normalized spacial score (nSPS) is 19.0. The van der Waals surface area contributed by atoms with Gasteiger partial charge in [0, 0.05) is 58.6 Å². The maximum atomic E-state index is 13.5. The molecule has 0 saturated carbocycles. The standard InChI is InChI=1S/C50H38BrN3O9S/c1-53(32-12-6-3-7-13-32)33-18-21-37-40(23-33)62-41-25-42(39(51)24-38(41)50(37)36-15-9-8-14-35(36)49(59)63-50)61-26-30-16-19-34(20-17-30)60-27-31-28-64-47-44(46(56)54(47)45(31)48(57)58)52-43(55)22-29-10-4-2-5-11-29/h2-21,23-25,44,47H,22,26-28H2,1H3,(H,52,55)(H,57,58)/t44-,47-,50?/m0/s1. The lowest BCUT2D eigenvalue weighted by Gasteiger charge is -2.49. The summed E-state index contributed by atoms with van der Waals surface area (Å²) in [5, 5.41) is 12.4. The molecule has 6 aromatic rings. The first-order valence-electron chi connectivity index (χ1n) is 20.4. The van der Waals surface area contributed by atoms with E-state index < -0.39 is 34.9 Å². The number of hydrogen-bond acceptors (Lipinski definition) is 10. The van der Waals surface area contributed by atoms with Gasteiger partial charge in [-0.2, -0.15) is 0 Å². The Morgan fingerprint density at radius 3 is 2.30 bits per heavy atom. The van der Waals surface area contributed by atoms with Gasteiger partial charge in [-0.3, -0.25) is 14.5 Å². The number of benzene rings is 6. The number of hydrogen-bond donors (Lipinski definition) is 2. The number of rotatable bonds is 12. The summed E-state index contributed by atoms with van der Waals surface area (Å²) >= 11 is 5.11. The molecule has 64 heavy (non-hydrogen) atoms. The van der Waals surface area contributed by atoms with Crippen molar-refractivity contribution in [3.8, 4) is 23.0 Å². The number of amides is 2. The van der Waals surface area contributed by atoms with Crippen LogP contribution >= 0.6 is 27.7 Å². The maximum absolute atomic E-state index is 13.5. The minimum absolute atomic E-state index is 0.0392. The molecule has 3 atom stereocenters. The summed E-state index contributed by atoms with van der Waals surface area (Å²) in [5.74, 6) is -0.0675. The van der Waals surface area contributed by atoms with Gasteiger partial charge in [-0.25, -0.2) is 9.59 Å². The SMILES string of the molecule is CN(c1ccccc1)c1ccc2c(c1)Oc1cc(OCc3ccc(OCC4=C(C(=O)O)N5C(=O)[C@H](NC(=O)Cc6ccccc6)[C@@H]5SC4)cc3)c(Br)cc1C21OC(=O)c2ccccc21. The van der Waals surface area contributed by atoms with Crippen LogP contribution in [0, 0.1) is 0 Å². The number of halogens is 1. The molecule has 6 aromatic carbocycles. The highest BCUT2D eigenvalue weighted by Gasteiger charge is 2.55. The molecule has 4 aliphatic rings. The molecule has 1 saturated heterocycles. The van der Waals surface area contributed by atoms with Crippen molar-refractivity contribution >= 4 is 62.8 Å². The van der Waals surface area contributed by atoms with Gasteiger partial charge >= 0.3 is 11.9 Å². The van der Waals surface area contributed by atoms with Crippen molar-refractivity contribution in [1.29, 1.82) is 0 Å². The van der Waals surface area contributed by atoms with Gasteiger partial charge < -0.3 is 34.3 Å². The highest BCUT2D eigenvalue weighted by atomic mass is 79.9. The van der Waals surface area contributed by atoms with Crippen LogP contribution in [0.5, 0.6) is 23.0 Å². The average molecular weight is 937 g/mol. The van der Waals surface area contributed by atoms with E-state index in [1.807, 2.05) is 122 Å². The molecule has 0 bridgehead atoms. The van der Waals surface area contributed by atoms with Crippen LogP contribution in [0.2, 0.25) is 0 Å². The van der Waals surface area contributed by atoms with Crippen molar-refractivity contribution < 1.29 is 43.2 Å². The third-order valence-electron chi connectivity index (χ3n) is 11.8. The zero-order valence-electron chi connectivity index (χ0n) is 34.2. The second-order valence-electron chi connectivity index (χ2n) is 15.7. The molecule has 0 aromatic heterocycles. The Bertz CT molecular complexity index is 2890. The van der Waals surface area contributed by atoms with Crippen LogP contribution in [0.4, 0.5) is 11.4 Å². The molecule has 10 rings (SSSR count). The van der Waals surface area contributed by atoms with Crippen molar-refractivity contribution in [1.82, 2.24) is 10.2 Å². The van der Waals surface area contributed by atoms with Crippen molar-refractivity contribution in [3.63, 3.8) is 0 Å². The van der Waals surface area contributed by atoms with E-state index in [0.29, 0.717) is 55.5 Å². The number of carbonyl (C=O) groups is 4. The Labute approximate surface area is 380 Å². The summed E-state index contributed by atoms with van der Waals surface area (Å²) in [6.45, 7) is 0.151. The number of β-lactam (4-membered cyclic amide) rings is 1. The van der Waals surface area contributed by atoms with E-state index in [1.165, 1.54) is 16.7 Å². The van der Waals surface area contributed by atoms with E-state index in [-0.39, 0.29) is 31.2 Å². The largest absolute Gasteiger partial charge is 0.489 e. The Kier molecular flexibility index (Phi) is 10.6. The molecule has 12 nitrogen and oxygen atoms in total. The van der Waals surface area contributed by atoms with E-state index in [9.17, 15) is 24.3 Å². The number of carboxylic acid groups (broad SMARTS) is 1. The third kappa shape index (κ3) is 7.21. The topological polar surface area (TPSA) is 144 Å². The van der Waals surface area contributed by atoms with E-state index in [0.717, 1.165) is 28.1 Å². The minimum Gasteiger partial charge on any atom is -0.489 e. The second kappa shape index (κ2) is 16.6. The number of nitrogens with one attached hydrogen (secondary N) is 1. The molecule has 1 spiro atoms. The number of aliphatic carboxylic acids is 1. The smallest absolute Gasteiger partial charge is 0.352 e. The monoisotopic (exact) mass is 935 g/mol. The Morgan fingerprint density at radius 2 is 1.53 bits per heavy atom. The number of nitrogens with zero attached hydrogens (tertiary/aromatic N) is 2. The number of thioether (sulfide) groups is 1. The summed E-state index contributed by atoms with van der Waals surface area (Å²) in [7, 11) is 1.98. The first-order chi connectivity index (χ1) is 31.1. The van der Waals surface area contributed by atoms with Gasteiger partial charge in [-0.1, -0.05) is 78.9 Å². The number of fused-ring (bicyclic) bond motifs is 7. The summed E-state index contributed by atoms with van der Waals surface area (Å²) in [5.41, 5.74) is 5.19.